The number of alkyl halides is 2. The zero-order chi connectivity index (χ0) is 22.3. The Morgan fingerprint density at radius 3 is 2.80 bits per heavy atom. The van der Waals surface area contributed by atoms with Gasteiger partial charge in [0.25, 0.3) is 6.43 Å². The molecule has 0 amide bonds. The Morgan fingerprint density at radius 2 is 2.17 bits per heavy atom. The van der Waals surface area contributed by atoms with E-state index in [1.807, 2.05) is 0 Å². The summed E-state index contributed by atoms with van der Waals surface area (Å²) in [5.41, 5.74) is 0.861. The van der Waals surface area contributed by atoms with Crippen molar-refractivity contribution in [3.05, 3.63) is 35.3 Å². The molecule has 1 aromatic carbocycles. The quantitative estimate of drug-likeness (QED) is 0.159. The third kappa shape index (κ3) is 7.11. The van der Waals surface area contributed by atoms with E-state index in [-0.39, 0.29) is 40.2 Å². The Morgan fingerprint density at radius 1 is 1.43 bits per heavy atom. The van der Waals surface area contributed by atoms with Crippen LogP contribution in [0.3, 0.4) is 0 Å². The van der Waals surface area contributed by atoms with Crippen LogP contribution in [0.5, 0.6) is 0 Å². The van der Waals surface area contributed by atoms with Crippen LogP contribution in [0.1, 0.15) is 30.5 Å². The van der Waals surface area contributed by atoms with E-state index >= 15 is 0 Å². The molecule has 0 radical (unpaired) electrons. The first-order chi connectivity index (χ1) is 14.1. The summed E-state index contributed by atoms with van der Waals surface area (Å²) in [6.45, 7) is 0. The Hall–Kier alpha value is -2.45. The second kappa shape index (κ2) is 10.5. The average molecular weight is 465 g/mol. The number of aromatic nitrogens is 2. The van der Waals surface area contributed by atoms with Gasteiger partial charge in [0.15, 0.2) is 16.6 Å². The molecule has 0 bridgehead atoms. The van der Waals surface area contributed by atoms with E-state index in [1.165, 1.54) is 6.26 Å². The molecule has 164 valence electrons. The molecule has 14 heteroatoms. The van der Waals surface area contributed by atoms with Crippen molar-refractivity contribution in [1.29, 1.82) is 4.78 Å². The van der Waals surface area contributed by atoms with E-state index in [4.69, 9.17) is 4.78 Å². The lowest BCUT2D eigenvalue weighted by atomic mass is 10.2. The molecule has 1 heterocycles. The third-order valence-electron chi connectivity index (χ3n) is 3.52. The van der Waals surface area contributed by atoms with Crippen molar-refractivity contribution in [3.8, 4) is 0 Å². The number of carbonyl (C=O) groups excluding carboxylic acids is 1. The molecule has 3 N–H and O–H groups in total. The minimum Gasteiger partial charge on any atom is -0.299 e. The number of halogens is 3. The molecule has 1 aromatic heterocycles. The molecule has 30 heavy (non-hydrogen) atoms. The summed E-state index contributed by atoms with van der Waals surface area (Å²) in [4.78, 5) is 15.6. The van der Waals surface area contributed by atoms with E-state index < -0.39 is 27.5 Å². The van der Waals surface area contributed by atoms with Crippen molar-refractivity contribution in [1.82, 2.24) is 15.8 Å². The molecule has 2 rings (SSSR count). The van der Waals surface area contributed by atoms with Gasteiger partial charge in [-0.15, -0.1) is 11.8 Å². The molecule has 0 saturated heterocycles. The maximum Gasteiger partial charge on any atom is 0.266 e. The first-order valence-corrected chi connectivity index (χ1v) is 11.5. The highest BCUT2D eigenvalue weighted by Gasteiger charge is 2.19. The minimum absolute atomic E-state index is 0.0144. The number of amidine groups is 1. The number of aliphatic imine (C=N–C) groups is 1. The van der Waals surface area contributed by atoms with Gasteiger partial charge in [0.1, 0.15) is 11.6 Å². The van der Waals surface area contributed by atoms with E-state index in [1.54, 1.807) is 5.48 Å². The number of hydrogen-bond donors (Lipinski definition) is 3. The van der Waals surface area contributed by atoms with Gasteiger partial charge < -0.3 is 0 Å². The van der Waals surface area contributed by atoms with Gasteiger partial charge >= 0.3 is 0 Å². The fourth-order valence-electron chi connectivity index (χ4n) is 2.27. The first kappa shape index (κ1) is 23.8. The molecule has 0 aliphatic carbocycles. The molecule has 9 nitrogen and oxygen atoms in total. The number of thioether (sulfide) groups is 1. The summed E-state index contributed by atoms with van der Waals surface area (Å²) >= 11 is 1.13. The lowest BCUT2D eigenvalue weighted by molar-refractivity contribution is -0.116. The van der Waals surface area contributed by atoms with Crippen molar-refractivity contribution >= 4 is 38.8 Å². The van der Waals surface area contributed by atoms with Crippen molar-refractivity contribution in [2.24, 2.45) is 4.99 Å². The first-order valence-electron chi connectivity index (χ1n) is 8.36. The maximum atomic E-state index is 13.4. The van der Waals surface area contributed by atoms with Crippen LogP contribution in [-0.2, 0) is 14.5 Å². The highest BCUT2D eigenvalue weighted by Crippen LogP contribution is 2.27. The number of ketones is 1. The Labute approximate surface area is 174 Å². The van der Waals surface area contributed by atoms with Crippen LogP contribution in [-0.4, -0.2) is 49.1 Å². The molecule has 0 aliphatic heterocycles. The summed E-state index contributed by atoms with van der Waals surface area (Å²) in [6.07, 6.45) is -1.31. The largest absolute Gasteiger partial charge is 0.299 e. The lowest BCUT2D eigenvalue weighted by Gasteiger charge is -2.06. The van der Waals surface area contributed by atoms with E-state index in [0.717, 1.165) is 30.0 Å². The van der Waals surface area contributed by atoms with Crippen LogP contribution >= 0.6 is 11.8 Å². The number of hydrogen-bond acceptors (Lipinski definition) is 9. The van der Waals surface area contributed by atoms with Gasteiger partial charge in [0.05, 0.1) is 17.0 Å². The van der Waals surface area contributed by atoms with E-state index in [2.05, 4.69) is 19.9 Å². The summed E-state index contributed by atoms with van der Waals surface area (Å²) in [5, 5.41) is 16.8. The zero-order valence-corrected chi connectivity index (χ0v) is 17.2. The number of Topliss-reactive ketones (excluding diaryl/α,β-unsaturated/α-hetero) is 1. The minimum atomic E-state index is -3.04. The second-order valence-electron chi connectivity index (χ2n) is 6.14. The summed E-state index contributed by atoms with van der Waals surface area (Å²) in [5.74, 6) is -1.55. The van der Waals surface area contributed by atoms with Gasteiger partial charge in [-0.3, -0.25) is 20.3 Å². The fourth-order valence-corrected chi connectivity index (χ4v) is 3.86. The van der Waals surface area contributed by atoms with Gasteiger partial charge in [-0.2, -0.15) is 0 Å². The van der Waals surface area contributed by atoms with E-state index in [0.29, 0.717) is 12.2 Å². The molecule has 1 unspecified atom stereocenters. The van der Waals surface area contributed by atoms with Crippen LogP contribution in [0.25, 0.3) is 0 Å². The van der Waals surface area contributed by atoms with Crippen LogP contribution in [0, 0.1) is 10.6 Å². The Bertz CT molecular complexity index is 1030. The standard InChI is InChI=1S/C16H18F3N5O4S2/c1-30(20,27)8-10(25)3-2-6-29-16-13(23-28-24-16)15(22-26)21-9-4-5-12(17)11(7-9)14(18)19/h4-5,7,14,20,26H,2-3,6,8H2,1H3,(H,21,22). The number of nitrogens with one attached hydrogen (secondary N) is 2. The lowest BCUT2D eigenvalue weighted by Crippen LogP contribution is -2.21. The zero-order valence-electron chi connectivity index (χ0n) is 15.6. The second-order valence-corrected chi connectivity index (χ2v) is 9.52. The monoisotopic (exact) mass is 465 g/mol. The van der Waals surface area contributed by atoms with Gasteiger partial charge in [-0.25, -0.2) is 27.0 Å². The Balaban J connectivity index is 2.07. The number of rotatable bonds is 10. The van der Waals surface area contributed by atoms with Crippen molar-refractivity contribution < 1.29 is 32.0 Å². The molecular weight excluding hydrogens is 447 g/mol. The van der Waals surface area contributed by atoms with Gasteiger partial charge in [-0.05, 0) is 34.9 Å². The normalized spacial score (nSPS) is 14.0. The maximum absolute atomic E-state index is 13.4. The van der Waals surface area contributed by atoms with Gasteiger partial charge in [0, 0.05) is 28.2 Å². The number of carbonyl (C=O) groups is 1. The summed E-state index contributed by atoms with van der Waals surface area (Å²) < 4.78 is 62.3. The molecular formula is C16H18F3N5O4S2. The topological polar surface area (TPSA) is 142 Å². The molecule has 0 spiro atoms. The smallest absolute Gasteiger partial charge is 0.266 e. The van der Waals surface area contributed by atoms with Crippen LogP contribution in [0.4, 0.5) is 18.9 Å². The van der Waals surface area contributed by atoms with Crippen LogP contribution in [0.15, 0.2) is 32.8 Å². The molecule has 1 atom stereocenters. The molecule has 0 saturated carbocycles. The molecule has 0 fully saturated rings. The predicted octanol–water partition coefficient (Wildman–Crippen LogP) is 3.32. The van der Waals surface area contributed by atoms with Crippen molar-refractivity contribution in [2.75, 3.05) is 17.8 Å². The van der Waals surface area contributed by atoms with Crippen LogP contribution in [0.2, 0.25) is 0 Å². The SMILES string of the molecule is CS(=N)(=O)CC(=O)CCCSc1nonc1C(=Nc1ccc(F)c(C(F)F)c1)NO. The van der Waals surface area contributed by atoms with Crippen molar-refractivity contribution in [3.63, 3.8) is 0 Å². The fraction of sp³-hybridized carbons (Fsp3) is 0.375. The highest BCUT2D eigenvalue weighted by atomic mass is 32.2. The predicted molar refractivity (Wildman–Crippen MR) is 103 cm³/mol. The molecule has 0 aliphatic rings. The Kier molecular flexibility index (Phi) is 8.37. The summed E-state index contributed by atoms with van der Waals surface area (Å²) in [7, 11) is -2.88. The molecule has 2 aromatic rings. The summed E-state index contributed by atoms with van der Waals surface area (Å²) in [6, 6.07) is 2.80. The number of benzene rings is 1. The average Bonchev–Trinajstić information content (AvgIpc) is 3.11. The van der Waals surface area contributed by atoms with E-state index in [9.17, 15) is 27.4 Å². The van der Waals surface area contributed by atoms with Crippen molar-refractivity contribution in [2.45, 2.75) is 24.3 Å². The van der Waals surface area contributed by atoms with Gasteiger partial charge in [0.2, 0.25) is 0 Å². The third-order valence-corrected chi connectivity index (χ3v) is 5.43. The highest BCUT2D eigenvalue weighted by molar-refractivity contribution is 7.99. The van der Waals surface area contributed by atoms with Gasteiger partial charge in [-0.1, -0.05) is 0 Å². The van der Waals surface area contributed by atoms with Crippen LogP contribution < -0.4 is 5.48 Å². The number of hydroxylamine groups is 1. The number of nitrogens with zero attached hydrogens (tertiary/aromatic N) is 3.